The Balaban J connectivity index is 1.33. The first-order chi connectivity index (χ1) is 16.0. The van der Waals surface area contributed by atoms with E-state index in [0.29, 0.717) is 43.1 Å². The summed E-state index contributed by atoms with van der Waals surface area (Å²) in [6.45, 7) is 6.93. The molecule has 0 bridgehead atoms. The lowest BCUT2D eigenvalue weighted by molar-refractivity contribution is 0.208. The van der Waals surface area contributed by atoms with Crippen LogP contribution in [0.5, 0.6) is 0 Å². The molecule has 2 aromatic carbocycles. The number of H-pyrrole nitrogens is 1. The molecular weight excluding hydrogens is 414 g/mol. The van der Waals surface area contributed by atoms with E-state index in [-0.39, 0.29) is 11.6 Å². The van der Waals surface area contributed by atoms with Crippen LogP contribution in [0.4, 0.5) is 16.2 Å². The summed E-state index contributed by atoms with van der Waals surface area (Å²) in [7, 11) is 0. The molecule has 2 amide bonds. The quantitative estimate of drug-likeness (QED) is 0.457. The molecule has 1 aliphatic rings. The summed E-state index contributed by atoms with van der Waals surface area (Å²) in [5.41, 5.74) is 3.53. The molecule has 2 aromatic heterocycles. The normalized spacial score (nSPS) is 14.3. The van der Waals surface area contributed by atoms with E-state index in [0.717, 1.165) is 22.1 Å². The van der Waals surface area contributed by atoms with Gasteiger partial charge in [0.15, 0.2) is 0 Å². The Kier molecular flexibility index (Phi) is 5.46. The van der Waals surface area contributed by atoms with E-state index >= 15 is 0 Å². The lowest BCUT2D eigenvalue weighted by Crippen LogP contribution is -2.50. The second-order valence-corrected chi connectivity index (χ2v) is 8.73. The number of nitrogens with one attached hydrogen (secondary N) is 2. The van der Waals surface area contributed by atoms with E-state index < -0.39 is 0 Å². The van der Waals surface area contributed by atoms with Gasteiger partial charge in [-0.15, -0.1) is 0 Å². The number of rotatable bonds is 3. The number of urea groups is 1. The highest BCUT2D eigenvalue weighted by molar-refractivity contribution is 6.10. The highest BCUT2D eigenvalue weighted by Gasteiger charge is 2.23. The van der Waals surface area contributed by atoms with Crippen molar-refractivity contribution in [1.29, 1.82) is 0 Å². The van der Waals surface area contributed by atoms with Gasteiger partial charge in [0, 0.05) is 59.9 Å². The molecule has 168 valence electrons. The Hall–Kier alpha value is -3.87. The van der Waals surface area contributed by atoms with Crippen LogP contribution >= 0.6 is 0 Å². The molecule has 1 fully saturated rings. The molecule has 0 spiro atoms. The molecule has 4 aromatic rings. The number of carbonyl (C=O) groups excluding carboxylic acids is 1. The van der Waals surface area contributed by atoms with Gasteiger partial charge in [-0.05, 0) is 35.7 Å². The van der Waals surface area contributed by atoms with Crippen molar-refractivity contribution in [2.75, 3.05) is 36.4 Å². The number of piperazine rings is 1. The van der Waals surface area contributed by atoms with Crippen LogP contribution < -0.4 is 15.8 Å². The van der Waals surface area contributed by atoms with Crippen LogP contribution in [0, 0.1) is 0 Å². The summed E-state index contributed by atoms with van der Waals surface area (Å²) in [6, 6.07) is 17.5. The fraction of sp³-hybridized carbons (Fsp3) is 0.269. The van der Waals surface area contributed by atoms with E-state index in [2.05, 4.69) is 46.2 Å². The lowest BCUT2D eigenvalue weighted by Gasteiger charge is -2.36. The Bertz CT molecular complexity index is 1370. The molecule has 0 saturated carbocycles. The second kappa shape index (κ2) is 8.58. The Morgan fingerprint density at radius 1 is 0.970 bits per heavy atom. The molecule has 0 radical (unpaired) electrons. The number of aromatic nitrogens is 2. The maximum Gasteiger partial charge on any atom is 0.321 e. The Labute approximate surface area is 192 Å². The van der Waals surface area contributed by atoms with Crippen LogP contribution in [0.1, 0.15) is 25.3 Å². The third kappa shape index (κ3) is 4.02. The number of carbonyl (C=O) groups is 1. The smallest absolute Gasteiger partial charge is 0.321 e. The number of anilines is 2. The molecule has 0 unspecified atom stereocenters. The average Bonchev–Trinajstić information content (AvgIpc) is 2.84. The minimum absolute atomic E-state index is 0.0821. The highest BCUT2D eigenvalue weighted by Crippen LogP contribution is 2.30. The second-order valence-electron chi connectivity index (χ2n) is 8.73. The number of nitrogens with zero attached hydrogens (tertiary/aromatic N) is 3. The van der Waals surface area contributed by atoms with Gasteiger partial charge in [0.05, 0.1) is 0 Å². The van der Waals surface area contributed by atoms with E-state index in [9.17, 15) is 9.59 Å². The minimum Gasteiger partial charge on any atom is -0.367 e. The molecule has 33 heavy (non-hydrogen) atoms. The summed E-state index contributed by atoms with van der Waals surface area (Å²) in [4.78, 5) is 36.7. The fourth-order valence-electron chi connectivity index (χ4n) is 4.45. The van der Waals surface area contributed by atoms with Gasteiger partial charge in [-0.25, -0.2) is 9.78 Å². The first-order valence-corrected chi connectivity index (χ1v) is 11.3. The van der Waals surface area contributed by atoms with Crippen LogP contribution in [-0.4, -0.2) is 47.1 Å². The van der Waals surface area contributed by atoms with Crippen LogP contribution in [0.2, 0.25) is 0 Å². The molecular formula is C26H27N5O2. The van der Waals surface area contributed by atoms with Crippen molar-refractivity contribution in [1.82, 2.24) is 14.9 Å². The maximum atomic E-state index is 12.8. The van der Waals surface area contributed by atoms with Crippen molar-refractivity contribution in [3.8, 4) is 0 Å². The molecule has 3 heterocycles. The largest absolute Gasteiger partial charge is 0.367 e. The van der Waals surface area contributed by atoms with Crippen molar-refractivity contribution in [3.05, 3.63) is 76.7 Å². The zero-order valence-corrected chi connectivity index (χ0v) is 18.8. The van der Waals surface area contributed by atoms with Gasteiger partial charge in [0.25, 0.3) is 5.56 Å². The topological polar surface area (TPSA) is 81.3 Å². The zero-order valence-electron chi connectivity index (χ0n) is 18.8. The maximum absolute atomic E-state index is 12.8. The molecule has 7 nitrogen and oxygen atoms in total. The van der Waals surface area contributed by atoms with Gasteiger partial charge in [0.1, 0.15) is 5.65 Å². The van der Waals surface area contributed by atoms with Crippen molar-refractivity contribution >= 4 is 39.2 Å². The van der Waals surface area contributed by atoms with Crippen LogP contribution in [0.3, 0.4) is 0 Å². The summed E-state index contributed by atoms with van der Waals surface area (Å²) in [5.74, 6) is 0.460. The van der Waals surface area contributed by atoms with Gasteiger partial charge in [-0.3, -0.25) is 4.79 Å². The van der Waals surface area contributed by atoms with Gasteiger partial charge in [0.2, 0.25) is 0 Å². The number of hydrogen-bond donors (Lipinski definition) is 2. The standard InChI is InChI=1S/C26H27N5O2/c1-17(2)18-7-9-19(10-8-18)28-26(33)31-15-13-30(14-16-31)22-11-12-27-24-23(22)20-5-3-4-6-21(20)25(32)29-24/h3-12,17H,13-16H2,1-2H3,(H,28,33)(H,27,29,32). The van der Waals surface area contributed by atoms with Crippen molar-refractivity contribution in [3.63, 3.8) is 0 Å². The molecule has 0 atom stereocenters. The number of amides is 2. The predicted octanol–water partition coefficient (Wildman–Crippen LogP) is 4.55. The van der Waals surface area contributed by atoms with Gasteiger partial charge in [-0.1, -0.05) is 44.2 Å². The predicted molar refractivity (Wildman–Crippen MR) is 133 cm³/mol. The van der Waals surface area contributed by atoms with Crippen LogP contribution in [0.25, 0.3) is 21.8 Å². The number of benzene rings is 2. The summed E-state index contributed by atoms with van der Waals surface area (Å²) >= 11 is 0. The van der Waals surface area contributed by atoms with E-state index in [4.69, 9.17) is 0 Å². The van der Waals surface area contributed by atoms with E-state index in [1.807, 2.05) is 47.4 Å². The molecule has 0 aliphatic carbocycles. The molecule has 1 aliphatic heterocycles. The molecule has 5 rings (SSSR count). The molecule has 7 heteroatoms. The fourth-order valence-corrected chi connectivity index (χ4v) is 4.45. The van der Waals surface area contributed by atoms with E-state index in [1.54, 1.807) is 6.20 Å². The first-order valence-electron chi connectivity index (χ1n) is 11.3. The number of hydrogen-bond acceptors (Lipinski definition) is 4. The third-order valence-electron chi connectivity index (χ3n) is 6.34. The molecule has 2 N–H and O–H groups in total. The Morgan fingerprint density at radius 3 is 2.36 bits per heavy atom. The van der Waals surface area contributed by atoms with Crippen LogP contribution in [-0.2, 0) is 0 Å². The number of fused-ring (bicyclic) bond motifs is 3. The van der Waals surface area contributed by atoms with Crippen molar-refractivity contribution in [2.45, 2.75) is 19.8 Å². The first kappa shape index (κ1) is 21.0. The SMILES string of the molecule is CC(C)c1ccc(NC(=O)N2CCN(c3ccnc4[nH]c(=O)c5ccccc5c34)CC2)cc1. The number of aromatic amines is 1. The van der Waals surface area contributed by atoms with Gasteiger partial charge >= 0.3 is 6.03 Å². The van der Waals surface area contributed by atoms with Crippen molar-refractivity contribution < 1.29 is 4.79 Å². The van der Waals surface area contributed by atoms with E-state index in [1.165, 1.54) is 5.56 Å². The van der Waals surface area contributed by atoms with Crippen molar-refractivity contribution in [2.24, 2.45) is 0 Å². The van der Waals surface area contributed by atoms with Gasteiger partial charge < -0.3 is 20.1 Å². The lowest BCUT2D eigenvalue weighted by atomic mass is 10.0. The summed E-state index contributed by atoms with van der Waals surface area (Å²) in [5, 5.41) is 5.50. The highest BCUT2D eigenvalue weighted by atomic mass is 16.2. The summed E-state index contributed by atoms with van der Waals surface area (Å²) in [6.07, 6.45) is 1.72. The monoisotopic (exact) mass is 441 g/mol. The van der Waals surface area contributed by atoms with Crippen LogP contribution in [0.15, 0.2) is 65.6 Å². The molecule has 1 saturated heterocycles. The summed E-state index contributed by atoms with van der Waals surface area (Å²) < 4.78 is 0. The zero-order chi connectivity index (χ0) is 22.9. The Morgan fingerprint density at radius 2 is 1.67 bits per heavy atom. The third-order valence-corrected chi connectivity index (χ3v) is 6.34. The van der Waals surface area contributed by atoms with Gasteiger partial charge in [-0.2, -0.15) is 0 Å². The number of pyridine rings is 2. The average molecular weight is 442 g/mol. The minimum atomic E-state index is -0.134.